The van der Waals surface area contributed by atoms with Gasteiger partial charge in [0.2, 0.25) is 10.0 Å². The van der Waals surface area contributed by atoms with Crippen LogP contribution in [0.4, 0.5) is 0 Å². The molecule has 0 bridgehead atoms. The van der Waals surface area contributed by atoms with Gasteiger partial charge in [-0.3, -0.25) is 4.79 Å². The van der Waals surface area contributed by atoms with Crippen molar-refractivity contribution in [2.24, 2.45) is 0 Å². The lowest BCUT2D eigenvalue weighted by molar-refractivity contribution is -0.120. The molecule has 0 saturated carbocycles. The molecule has 8 heteroatoms. The number of carbonyl (C=O) groups is 2. The normalized spacial score (nSPS) is 11.1. The summed E-state index contributed by atoms with van der Waals surface area (Å²) in [6.45, 7) is 0.870. The summed E-state index contributed by atoms with van der Waals surface area (Å²) in [6, 6.07) is 3.63. The Hall–Kier alpha value is -1.44. The molecule has 104 valence electrons. The van der Waals surface area contributed by atoms with Gasteiger partial charge in [0.05, 0.1) is 15.5 Å². The lowest BCUT2D eigenvalue weighted by Gasteiger charge is -2.07. The van der Waals surface area contributed by atoms with Gasteiger partial charge in [-0.05, 0) is 32.2 Å². The lowest BCUT2D eigenvalue weighted by atomic mass is 10.2. The number of Topliss-reactive ketones (excluding diaryl/α,β-unsaturated/α-hetero) is 1. The predicted octanol–water partition coefficient (Wildman–Crippen LogP) is 0.994. The quantitative estimate of drug-likeness (QED) is 0.820. The van der Waals surface area contributed by atoms with Gasteiger partial charge in [-0.15, -0.1) is 0 Å². The number of carbonyl (C=O) groups excluding carboxylic acids is 2. The van der Waals surface area contributed by atoms with Crippen molar-refractivity contribution in [3.63, 3.8) is 0 Å². The first-order valence-corrected chi connectivity index (χ1v) is 7.03. The highest BCUT2D eigenvalue weighted by Gasteiger charge is 2.18. The summed E-state index contributed by atoms with van der Waals surface area (Å²) in [5, 5.41) is 0.0450. The molecule has 0 aliphatic rings. The maximum absolute atomic E-state index is 11.7. The second-order valence-electron chi connectivity index (χ2n) is 3.63. The van der Waals surface area contributed by atoms with Crippen molar-refractivity contribution in [2.75, 3.05) is 13.7 Å². The molecule has 19 heavy (non-hydrogen) atoms. The first kappa shape index (κ1) is 15.6. The van der Waals surface area contributed by atoms with E-state index in [0.29, 0.717) is 0 Å². The van der Waals surface area contributed by atoms with Gasteiger partial charge >= 0.3 is 5.97 Å². The van der Waals surface area contributed by atoms with Crippen LogP contribution in [0.15, 0.2) is 23.1 Å². The third-order valence-electron chi connectivity index (χ3n) is 2.14. The highest BCUT2D eigenvalue weighted by atomic mass is 35.5. The largest absolute Gasteiger partial charge is 0.454 e. The van der Waals surface area contributed by atoms with Crippen molar-refractivity contribution in [1.82, 2.24) is 4.72 Å². The van der Waals surface area contributed by atoms with Crippen molar-refractivity contribution in [1.29, 1.82) is 0 Å². The first-order chi connectivity index (χ1) is 8.77. The molecule has 0 aliphatic carbocycles. The van der Waals surface area contributed by atoms with E-state index in [1.54, 1.807) is 0 Å². The number of sulfonamides is 1. The van der Waals surface area contributed by atoms with Gasteiger partial charge in [0, 0.05) is 0 Å². The molecule has 0 spiro atoms. The van der Waals surface area contributed by atoms with Crippen LogP contribution < -0.4 is 4.72 Å². The molecule has 0 fully saturated rings. The molecule has 0 unspecified atom stereocenters. The van der Waals surface area contributed by atoms with Crippen LogP contribution in [0.2, 0.25) is 5.02 Å². The molecular weight excluding hydrogens is 294 g/mol. The van der Waals surface area contributed by atoms with E-state index in [0.717, 1.165) is 6.07 Å². The standard InChI is InChI=1S/C11H12ClNO5S/c1-7(14)6-18-11(15)9-5-8(3-4-10(9)12)19(16,17)13-2/h3-5,13H,6H2,1-2H3. The van der Waals surface area contributed by atoms with Gasteiger partial charge in [0.25, 0.3) is 0 Å². The van der Waals surface area contributed by atoms with Gasteiger partial charge in [-0.1, -0.05) is 11.6 Å². The Kier molecular flexibility index (Phi) is 5.04. The molecule has 1 aromatic carbocycles. The summed E-state index contributed by atoms with van der Waals surface area (Å²) in [5.41, 5.74) is -0.112. The Morgan fingerprint density at radius 3 is 2.53 bits per heavy atom. The van der Waals surface area contributed by atoms with E-state index in [9.17, 15) is 18.0 Å². The van der Waals surface area contributed by atoms with Gasteiger partial charge < -0.3 is 4.74 Å². The van der Waals surface area contributed by atoms with Crippen LogP contribution in [0.1, 0.15) is 17.3 Å². The zero-order chi connectivity index (χ0) is 14.6. The average Bonchev–Trinajstić information content (AvgIpc) is 2.36. The molecular formula is C11H12ClNO5S. The number of hydrogen-bond acceptors (Lipinski definition) is 5. The number of hydrogen-bond donors (Lipinski definition) is 1. The molecule has 0 amide bonds. The van der Waals surface area contributed by atoms with Gasteiger partial charge in [-0.2, -0.15) is 0 Å². The average molecular weight is 306 g/mol. The SMILES string of the molecule is CNS(=O)(=O)c1ccc(Cl)c(C(=O)OCC(C)=O)c1. The van der Waals surface area contributed by atoms with Crippen molar-refractivity contribution in [3.8, 4) is 0 Å². The van der Waals surface area contributed by atoms with Crippen molar-refractivity contribution in [3.05, 3.63) is 28.8 Å². The molecule has 1 rings (SSSR count). The third kappa shape index (κ3) is 4.02. The van der Waals surface area contributed by atoms with Crippen molar-refractivity contribution in [2.45, 2.75) is 11.8 Å². The van der Waals surface area contributed by atoms with Gasteiger partial charge in [0.1, 0.15) is 6.61 Å². The van der Waals surface area contributed by atoms with Crippen molar-refractivity contribution >= 4 is 33.4 Å². The fraction of sp³-hybridized carbons (Fsp3) is 0.273. The topological polar surface area (TPSA) is 89.5 Å². The zero-order valence-corrected chi connectivity index (χ0v) is 11.8. The highest BCUT2D eigenvalue weighted by Crippen LogP contribution is 2.21. The van der Waals surface area contributed by atoms with Crippen LogP contribution >= 0.6 is 11.6 Å². The minimum Gasteiger partial charge on any atom is -0.454 e. The molecule has 1 aromatic rings. The second kappa shape index (κ2) is 6.14. The van der Waals surface area contributed by atoms with Crippen LogP contribution in [-0.4, -0.2) is 33.8 Å². The number of nitrogens with one attached hydrogen (secondary N) is 1. The Labute approximate surface area is 115 Å². The Morgan fingerprint density at radius 2 is 2.00 bits per heavy atom. The summed E-state index contributed by atoms with van der Waals surface area (Å²) >= 11 is 5.80. The summed E-state index contributed by atoms with van der Waals surface area (Å²) in [6.07, 6.45) is 0. The number of benzene rings is 1. The smallest absolute Gasteiger partial charge is 0.340 e. The molecule has 0 aliphatic heterocycles. The van der Waals surface area contributed by atoms with Gasteiger partial charge in [0.15, 0.2) is 5.78 Å². The van der Waals surface area contributed by atoms with Crippen LogP contribution in [0.3, 0.4) is 0 Å². The molecule has 0 atom stereocenters. The van der Waals surface area contributed by atoms with Gasteiger partial charge in [-0.25, -0.2) is 17.9 Å². The van der Waals surface area contributed by atoms with E-state index in [1.165, 1.54) is 26.1 Å². The number of esters is 1. The number of ether oxygens (including phenoxy) is 1. The highest BCUT2D eigenvalue weighted by molar-refractivity contribution is 7.89. The van der Waals surface area contributed by atoms with E-state index >= 15 is 0 Å². The fourth-order valence-electron chi connectivity index (χ4n) is 1.19. The van der Waals surface area contributed by atoms with Crippen LogP contribution in [-0.2, 0) is 19.6 Å². The summed E-state index contributed by atoms with van der Waals surface area (Å²) in [7, 11) is -2.44. The number of halogens is 1. The minimum absolute atomic E-state index is 0.0450. The Balaban J connectivity index is 3.11. The van der Waals surface area contributed by atoms with E-state index in [2.05, 4.69) is 9.46 Å². The van der Waals surface area contributed by atoms with E-state index < -0.39 is 22.6 Å². The Bertz CT molecular complexity index is 612. The molecule has 0 aromatic heterocycles. The predicted molar refractivity (Wildman–Crippen MR) is 68.7 cm³/mol. The number of rotatable bonds is 5. The molecule has 0 heterocycles. The summed E-state index contributed by atoms with van der Waals surface area (Å²) in [4.78, 5) is 22.3. The molecule has 1 N–H and O–H groups in total. The zero-order valence-electron chi connectivity index (χ0n) is 10.3. The van der Waals surface area contributed by atoms with E-state index in [-0.39, 0.29) is 21.3 Å². The minimum atomic E-state index is -3.69. The van der Waals surface area contributed by atoms with E-state index in [1.807, 2.05) is 0 Å². The Morgan fingerprint density at radius 1 is 1.37 bits per heavy atom. The monoisotopic (exact) mass is 305 g/mol. The lowest BCUT2D eigenvalue weighted by Crippen LogP contribution is -2.19. The molecule has 6 nitrogen and oxygen atoms in total. The fourth-order valence-corrected chi connectivity index (χ4v) is 2.14. The van der Waals surface area contributed by atoms with Crippen LogP contribution in [0, 0.1) is 0 Å². The second-order valence-corrected chi connectivity index (χ2v) is 5.92. The first-order valence-electron chi connectivity index (χ1n) is 5.17. The van der Waals surface area contributed by atoms with Crippen molar-refractivity contribution < 1.29 is 22.7 Å². The number of ketones is 1. The maximum atomic E-state index is 11.7. The maximum Gasteiger partial charge on any atom is 0.340 e. The van der Waals surface area contributed by atoms with Crippen LogP contribution in [0.25, 0.3) is 0 Å². The summed E-state index contributed by atoms with van der Waals surface area (Å²) in [5.74, 6) is -1.18. The van der Waals surface area contributed by atoms with Crippen LogP contribution in [0.5, 0.6) is 0 Å². The molecule has 0 saturated heterocycles. The van der Waals surface area contributed by atoms with E-state index in [4.69, 9.17) is 11.6 Å². The third-order valence-corrected chi connectivity index (χ3v) is 3.88. The summed E-state index contributed by atoms with van der Waals surface area (Å²) < 4.78 is 30.0. The molecule has 0 radical (unpaired) electrons.